The molecule has 0 aliphatic rings. The van der Waals surface area contributed by atoms with E-state index in [1.165, 1.54) is 11.1 Å². The monoisotopic (exact) mass is 319 g/mol. The van der Waals surface area contributed by atoms with Crippen LogP contribution in [0.3, 0.4) is 0 Å². The van der Waals surface area contributed by atoms with Crippen LogP contribution < -0.4 is 10.5 Å². The zero-order valence-corrected chi connectivity index (χ0v) is 12.6. The lowest BCUT2D eigenvalue weighted by atomic mass is 9.92. The molecule has 0 saturated heterocycles. The molecule has 0 saturated carbocycles. The molecule has 1 unspecified atom stereocenters. The summed E-state index contributed by atoms with van der Waals surface area (Å²) in [4.78, 5) is 0. The van der Waals surface area contributed by atoms with Crippen LogP contribution >= 0.6 is 15.9 Å². The van der Waals surface area contributed by atoms with Crippen molar-refractivity contribution in [2.75, 3.05) is 13.7 Å². The molecule has 19 heavy (non-hydrogen) atoms. The van der Waals surface area contributed by atoms with E-state index in [0.29, 0.717) is 6.54 Å². The first-order valence-electron chi connectivity index (χ1n) is 6.32. The van der Waals surface area contributed by atoms with E-state index in [4.69, 9.17) is 10.5 Å². The van der Waals surface area contributed by atoms with Crippen LogP contribution in [-0.2, 0) is 6.42 Å². The Morgan fingerprint density at radius 2 is 1.79 bits per heavy atom. The third kappa shape index (κ3) is 3.37. The van der Waals surface area contributed by atoms with Crippen molar-refractivity contribution in [2.24, 2.45) is 5.73 Å². The van der Waals surface area contributed by atoms with Gasteiger partial charge in [-0.15, -0.1) is 0 Å². The van der Waals surface area contributed by atoms with Crippen molar-refractivity contribution in [1.29, 1.82) is 0 Å². The maximum absolute atomic E-state index is 5.95. The normalized spacial score (nSPS) is 12.2. The SMILES string of the molecule is COc1ccccc1CC(CN)c1ccccc1Br. The van der Waals surface area contributed by atoms with E-state index in [-0.39, 0.29) is 5.92 Å². The van der Waals surface area contributed by atoms with Gasteiger partial charge in [-0.25, -0.2) is 0 Å². The fourth-order valence-electron chi connectivity index (χ4n) is 2.26. The second-order valence-electron chi connectivity index (χ2n) is 4.47. The minimum Gasteiger partial charge on any atom is -0.496 e. The summed E-state index contributed by atoms with van der Waals surface area (Å²) in [5.41, 5.74) is 8.39. The van der Waals surface area contributed by atoms with Crippen molar-refractivity contribution in [3.63, 3.8) is 0 Å². The Morgan fingerprint density at radius 3 is 2.47 bits per heavy atom. The van der Waals surface area contributed by atoms with E-state index in [1.54, 1.807) is 7.11 Å². The largest absolute Gasteiger partial charge is 0.496 e. The number of benzene rings is 2. The highest BCUT2D eigenvalue weighted by atomic mass is 79.9. The molecular formula is C16H18BrNO. The maximum atomic E-state index is 5.95. The Labute approximate surface area is 122 Å². The lowest BCUT2D eigenvalue weighted by Crippen LogP contribution is -2.16. The predicted molar refractivity (Wildman–Crippen MR) is 82.6 cm³/mol. The number of para-hydroxylation sites is 1. The number of hydrogen-bond donors (Lipinski definition) is 1. The van der Waals surface area contributed by atoms with Crippen molar-refractivity contribution in [2.45, 2.75) is 12.3 Å². The smallest absolute Gasteiger partial charge is 0.122 e. The standard InChI is InChI=1S/C16H18BrNO/c1-19-16-9-5-2-6-12(16)10-13(11-18)14-7-3-4-8-15(14)17/h2-9,13H,10-11,18H2,1H3. The van der Waals surface area contributed by atoms with E-state index < -0.39 is 0 Å². The zero-order chi connectivity index (χ0) is 13.7. The number of nitrogens with two attached hydrogens (primary N) is 1. The van der Waals surface area contributed by atoms with E-state index >= 15 is 0 Å². The Kier molecular flexibility index (Phi) is 5.00. The third-order valence-corrected chi connectivity index (χ3v) is 4.01. The highest BCUT2D eigenvalue weighted by Crippen LogP contribution is 2.29. The molecule has 3 heteroatoms. The van der Waals surface area contributed by atoms with Gasteiger partial charge in [0, 0.05) is 10.4 Å². The second kappa shape index (κ2) is 6.73. The van der Waals surface area contributed by atoms with Crippen LogP contribution in [-0.4, -0.2) is 13.7 Å². The molecule has 0 heterocycles. The van der Waals surface area contributed by atoms with Gasteiger partial charge in [0.05, 0.1) is 7.11 Å². The first kappa shape index (κ1) is 14.1. The Hall–Kier alpha value is -1.32. The topological polar surface area (TPSA) is 35.2 Å². The minimum absolute atomic E-state index is 0.284. The molecule has 2 rings (SSSR count). The van der Waals surface area contributed by atoms with E-state index in [1.807, 2.05) is 30.3 Å². The van der Waals surface area contributed by atoms with Crippen LogP contribution in [0.4, 0.5) is 0 Å². The molecule has 0 spiro atoms. The lowest BCUT2D eigenvalue weighted by molar-refractivity contribution is 0.408. The highest BCUT2D eigenvalue weighted by Gasteiger charge is 2.15. The molecule has 0 amide bonds. The summed E-state index contributed by atoms with van der Waals surface area (Å²) in [6.07, 6.45) is 0.878. The van der Waals surface area contributed by atoms with Crippen LogP contribution in [0.25, 0.3) is 0 Å². The summed E-state index contributed by atoms with van der Waals surface area (Å²) in [6, 6.07) is 16.3. The third-order valence-electron chi connectivity index (χ3n) is 3.29. The van der Waals surface area contributed by atoms with Crippen molar-refractivity contribution in [3.8, 4) is 5.75 Å². The van der Waals surface area contributed by atoms with Crippen molar-refractivity contribution >= 4 is 15.9 Å². The van der Waals surface area contributed by atoms with Crippen molar-refractivity contribution < 1.29 is 4.74 Å². The first-order valence-corrected chi connectivity index (χ1v) is 7.12. The zero-order valence-electron chi connectivity index (χ0n) is 11.0. The molecule has 2 N–H and O–H groups in total. The Bertz CT molecular complexity index is 542. The Morgan fingerprint density at radius 1 is 1.11 bits per heavy atom. The van der Waals surface area contributed by atoms with Gasteiger partial charge in [0.15, 0.2) is 0 Å². The fraction of sp³-hybridized carbons (Fsp3) is 0.250. The predicted octanol–water partition coefficient (Wildman–Crippen LogP) is 3.74. The molecule has 0 aromatic heterocycles. The van der Waals surface area contributed by atoms with E-state index in [0.717, 1.165) is 16.6 Å². The van der Waals surface area contributed by atoms with Crippen LogP contribution in [0.1, 0.15) is 17.0 Å². The second-order valence-corrected chi connectivity index (χ2v) is 5.32. The van der Waals surface area contributed by atoms with Gasteiger partial charge in [-0.2, -0.15) is 0 Å². The molecule has 2 aromatic rings. The van der Waals surface area contributed by atoms with Gasteiger partial charge in [-0.05, 0) is 36.2 Å². The number of halogens is 1. The number of hydrogen-bond acceptors (Lipinski definition) is 2. The first-order chi connectivity index (χ1) is 9.26. The van der Waals surface area contributed by atoms with Gasteiger partial charge in [0.2, 0.25) is 0 Å². The van der Waals surface area contributed by atoms with Crippen LogP contribution in [0.15, 0.2) is 53.0 Å². The lowest BCUT2D eigenvalue weighted by Gasteiger charge is -2.18. The average molecular weight is 320 g/mol. The van der Waals surface area contributed by atoms with Gasteiger partial charge in [0.1, 0.15) is 5.75 Å². The van der Waals surface area contributed by atoms with Crippen molar-refractivity contribution in [1.82, 2.24) is 0 Å². The number of rotatable bonds is 5. The quantitative estimate of drug-likeness (QED) is 0.911. The molecule has 0 radical (unpaired) electrons. The van der Waals surface area contributed by atoms with Gasteiger partial charge >= 0.3 is 0 Å². The number of methoxy groups -OCH3 is 1. The summed E-state index contributed by atoms with van der Waals surface area (Å²) in [5.74, 6) is 1.21. The summed E-state index contributed by atoms with van der Waals surface area (Å²) in [5, 5.41) is 0. The maximum Gasteiger partial charge on any atom is 0.122 e. The van der Waals surface area contributed by atoms with Gasteiger partial charge < -0.3 is 10.5 Å². The molecule has 100 valence electrons. The average Bonchev–Trinajstić information content (AvgIpc) is 2.46. The summed E-state index contributed by atoms with van der Waals surface area (Å²) in [7, 11) is 1.70. The van der Waals surface area contributed by atoms with Crippen LogP contribution in [0, 0.1) is 0 Å². The van der Waals surface area contributed by atoms with E-state index in [2.05, 4.69) is 34.1 Å². The molecule has 2 nitrogen and oxygen atoms in total. The fourth-order valence-corrected chi connectivity index (χ4v) is 2.87. The highest BCUT2D eigenvalue weighted by molar-refractivity contribution is 9.10. The van der Waals surface area contributed by atoms with Gasteiger partial charge in [-0.1, -0.05) is 52.3 Å². The summed E-state index contributed by atoms with van der Waals surface area (Å²) in [6.45, 7) is 0.612. The van der Waals surface area contributed by atoms with Gasteiger partial charge in [0.25, 0.3) is 0 Å². The molecule has 1 atom stereocenters. The molecule has 2 aromatic carbocycles. The van der Waals surface area contributed by atoms with E-state index in [9.17, 15) is 0 Å². The summed E-state index contributed by atoms with van der Waals surface area (Å²) >= 11 is 3.60. The Balaban J connectivity index is 2.27. The van der Waals surface area contributed by atoms with Crippen LogP contribution in [0.5, 0.6) is 5.75 Å². The molecule has 0 aliphatic carbocycles. The molecule has 0 aliphatic heterocycles. The minimum atomic E-state index is 0.284. The molecule has 0 fully saturated rings. The van der Waals surface area contributed by atoms with Crippen molar-refractivity contribution in [3.05, 3.63) is 64.1 Å². The molecule has 0 bridgehead atoms. The van der Waals surface area contributed by atoms with Gasteiger partial charge in [-0.3, -0.25) is 0 Å². The van der Waals surface area contributed by atoms with Crippen LogP contribution in [0.2, 0.25) is 0 Å². The number of ether oxygens (including phenoxy) is 1. The summed E-state index contributed by atoms with van der Waals surface area (Å²) < 4.78 is 6.52. The molecular weight excluding hydrogens is 302 g/mol.